The Morgan fingerprint density at radius 1 is 0.327 bits per heavy atom. The van der Waals surface area contributed by atoms with Crippen molar-refractivity contribution in [2.75, 3.05) is 37.0 Å². The fourth-order valence-corrected chi connectivity index (χ4v) is 13.1. The van der Waals surface area contributed by atoms with E-state index in [0.717, 1.165) is 75.5 Å². The second-order valence-electron chi connectivity index (χ2n) is 15.3. The minimum atomic E-state index is -2.22. The van der Waals surface area contributed by atoms with Gasteiger partial charge in [0.25, 0.3) is 0 Å². The molecule has 0 aromatic heterocycles. The fraction of sp³-hybridized carbons (Fsp3) is 0.952. The molecule has 0 unspecified atom stereocenters. The molecule has 7 heteroatoms. The number of hydrogen-bond acceptors (Lipinski definition) is 5. The van der Waals surface area contributed by atoms with E-state index in [0.29, 0.717) is 12.8 Å². The normalized spacial score (nSPS) is 12.1. The summed E-state index contributed by atoms with van der Waals surface area (Å²) >= 11 is 0. The molecule has 0 spiro atoms. The fourth-order valence-electron chi connectivity index (χ4n) is 6.96. The van der Waals surface area contributed by atoms with Crippen LogP contribution in [0.4, 0.5) is 0 Å². The van der Waals surface area contributed by atoms with Crippen LogP contribution in [0.2, 0.25) is 0 Å². The highest BCUT2D eigenvalue weighted by Crippen LogP contribution is 2.49. The van der Waals surface area contributed by atoms with Gasteiger partial charge in [-0.1, -0.05) is 156 Å². The first kappa shape index (κ1) is 48.6. The van der Waals surface area contributed by atoms with Crippen LogP contribution in [0.3, 0.4) is 0 Å². The van der Waals surface area contributed by atoms with Gasteiger partial charge in [0.05, 0.1) is 14.3 Å². The zero-order chi connectivity index (χ0) is 36.3. The second kappa shape index (κ2) is 34.7. The van der Waals surface area contributed by atoms with Crippen LogP contribution in [0.5, 0.6) is 0 Å². The van der Waals surface area contributed by atoms with Crippen molar-refractivity contribution < 1.29 is 23.5 Å². The summed E-state index contributed by atoms with van der Waals surface area (Å²) in [6.45, 7) is 8.93. The van der Waals surface area contributed by atoms with Crippen LogP contribution in [0.25, 0.3) is 0 Å². The van der Waals surface area contributed by atoms with E-state index in [1.54, 1.807) is 0 Å². The van der Waals surface area contributed by atoms with Gasteiger partial charge in [0.2, 0.25) is 0 Å². The van der Waals surface area contributed by atoms with Gasteiger partial charge in [-0.2, -0.15) is 0 Å². The van der Waals surface area contributed by atoms with E-state index in [1.165, 1.54) is 128 Å². The molecule has 0 rings (SSSR count). The molecule has 0 aliphatic carbocycles. The first-order valence-corrected chi connectivity index (χ1v) is 26.1. The number of carbonyl (C=O) groups excluding carboxylic acids is 2. The molecule has 0 atom stereocenters. The summed E-state index contributed by atoms with van der Waals surface area (Å²) in [5.74, 6) is -0.910. The smallest absolute Gasteiger partial charge is 0.313 e. The number of carbonyl (C=O) groups is 2. The first-order valence-electron chi connectivity index (χ1n) is 21.6. The molecule has 0 saturated heterocycles. The van der Waals surface area contributed by atoms with Crippen LogP contribution in [0, 0.1) is 0 Å². The van der Waals surface area contributed by atoms with Crippen LogP contribution >= 0.6 is 14.3 Å². The summed E-state index contributed by atoms with van der Waals surface area (Å²) in [5, 5.41) is 0. The van der Waals surface area contributed by atoms with Crippen LogP contribution < -0.4 is 0 Å². The van der Waals surface area contributed by atoms with Gasteiger partial charge in [-0.25, -0.2) is 0 Å². The molecule has 0 bridgehead atoms. The van der Waals surface area contributed by atoms with Gasteiger partial charge < -0.3 is 13.9 Å². The molecule has 0 amide bonds. The van der Waals surface area contributed by atoms with E-state index in [1.807, 2.05) is 0 Å². The number of unbranched alkanes of at least 4 members (excludes halogenated alkanes) is 22. The van der Waals surface area contributed by atoms with Crippen molar-refractivity contribution >= 4 is 26.2 Å². The van der Waals surface area contributed by atoms with E-state index in [2.05, 4.69) is 27.7 Å². The Balaban J connectivity index is 4.53. The van der Waals surface area contributed by atoms with Crippen LogP contribution in [0.1, 0.15) is 220 Å². The summed E-state index contributed by atoms with van der Waals surface area (Å²) in [7, 11) is -4.44. The zero-order valence-corrected chi connectivity index (χ0v) is 35.2. The molecule has 0 heterocycles. The van der Waals surface area contributed by atoms with Crippen molar-refractivity contribution in [3.8, 4) is 0 Å². The second-order valence-corrected chi connectivity index (χ2v) is 22.2. The molecule has 0 radical (unpaired) electrons. The third-order valence-corrected chi connectivity index (χ3v) is 17.1. The van der Waals surface area contributed by atoms with Gasteiger partial charge in [0.1, 0.15) is 0 Å². The van der Waals surface area contributed by atoms with E-state index >= 15 is 0 Å². The first-order chi connectivity index (χ1) is 23.7. The number of ether oxygens (including phenoxy) is 1. The lowest BCUT2D eigenvalue weighted by atomic mass is 10.1. The predicted octanol–water partition coefficient (Wildman–Crippen LogP) is 14.6. The van der Waals surface area contributed by atoms with E-state index in [-0.39, 0.29) is 12.8 Å². The van der Waals surface area contributed by atoms with Gasteiger partial charge in [0, 0.05) is 49.8 Å². The van der Waals surface area contributed by atoms with Crippen molar-refractivity contribution in [1.29, 1.82) is 0 Å². The highest BCUT2D eigenvalue weighted by molar-refractivity contribution is 7.64. The highest BCUT2D eigenvalue weighted by Gasteiger charge is 2.23. The highest BCUT2D eigenvalue weighted by atomic mass is 31.2. The Morgan fingerprint density at radius 3 is 0.776 bits per heavy atom. The Hall–Kier alpha value is -0.400. The molecule has 0 aliphatic heterocycles. The van der Waals surface area contributed by atoms with Gasteiger partial charge >= 0.3 is 11.9 Å². The molecular weight excluding hydrogens is 646 g/mol. The van der Waals surface area contributed by atoms with Crippen LogP contribution in [0.15, 0.2) is 0 Å². The predicted molar refractivity (Wildman–Crippen MR) is 217 cm³/mol. The Bertz CT molecular complexity index is 750. The van der Waals surface area contributed by atoms with Gasteiger partial charge in [-0.15, -0.1) is 0 Å². The van der Waals surface area contributed by atoms with Crippen LogP contribution in [-0.2, 0) is 23.5 Å². The molecule has 0 saturated carbocycles. The average molecular weight is 731 g/mol. The lowest BCUT2D eigenvalue weighted by Crippen LogP contribution is -2.12. The Morgan fingerprint density at radius 2 is 0.531 bits per heavy atom. The van der Waals surface area contributed by atoms with Gasteiger partial charge in [-0.3, -0.25) is 9.59 Å². The van der Waals surface area contributed by atoms with Gasteiger partial charge in [-0.05, 0) is 51.4 Å². The molecule has 0 fully saturated rings. The summed E-state index contributed by atoms with van der Waals surface area (Å²) in [4.78, 5) is 24.9. The summed E-state index contributed by atoms with van der Waals surface area (Å²) in [6.07, 6.45) is 37.1. The van der Waals surface area contributed by atoms with Crippen molar-refractivity contribution in [2.24, 2.45) is 0 Å². The van der Waals surface area contributed by atoms with E-state index < -0.39 is 26.2 Å². The number of esters is 2. The molecule has 0 aromatic carbocycles. The minimum Gasteiger partial charge on any atom is -0.393 e. The van der Waals surface area contributed by atoms with E-state index in [9.17, 15) is 18.7 Å². The van der Waals surface area contributed by atoms with E-state index in [4.69, 9.17) is 4.74 Å². The monoisotopic (exact) mass is 731 g/mol. The third kappa shape index (κ3) is 32.0. The molecule has 49 heavy (non-hydrogen) atoms. The molecule has 0 aliphatic rings. The van der Waals surface area contributed by atoms with Crippen molar-refractivity contribution in [2.45, 2.75) is 220 Å². The van der Waals surface area contributed by atoms with Gasteiger partial charge in [0.15, 0.2) is 0 Å². The third-order valence-electron chi connectivity index (χ3n) is 10.3. The van der Waals surface area contributed by atoms with Crippen molar-refractivity contribution in [3.05, 3.63) is 0 Å². The maximum atomic E-state index is 13.9. The lowest BCUT2D eigenvalue weighted by molar-refractivity contribution is -0.159. The van der Waals surface area contributed by atoms with Crippen molar-refractivity contribution in [1.82, 2.24) is 0 Å². The minimum absolute atomic E-state index is 0.214. The summed E-state index contributed by atoms with van der Waals surface area (Å²) in [5.41, 5.74) is 0. The maximum Gasteiger partial charge on any atom is 0.313 e. The van der Waals surface area contributed by atoms with Crippen molar-refractivity contribution in [3.63, 3.8) is 0 Å². The quantitative estimate of drug-likeness (QED) is 0.0273. The zero-order valence-electron chi connectivity index (χ0n) is 33.4. The van der Waals surface area contributed by atoms with Crippen LogP contribution in [-0.4, -0.2) is 48.9 Å². The standard InChI is InChI=1S/C42H84O5P2/c1-5-9-13-17-21-27-35-48(45,36-28-22-18-14-10-6-2)39-31-25-33-41(43)47-42(44)34-26-32-40-49(46,37-29-23-19-15-11-7-3)38-30-24-20-16-12-8-4/h5-40H2,1-4H3. The topological polar surface area (TPSA) is 77.5 Å². The molecule has 0 N–H and O–H groups in total. The average Bonchev–Trinajstić information content (AvgIpc) is 3.08. The molecule has 0 aromatic rings. The largest absolute Gasteiger partial charge is 0.393 e. The Labute approximate surface area is 306 Å². The molecule has 292 valence electrons. The molecular formula is C42H84O5P2. The summed E-state index contributed by atoms with van der Waals surface area (Å²) < 4.78 is 32.9. The number of hydrogen-bond donors (Lipinski definition) is 0. The SMILES string of the molecule is CCCCCCCCP(=O)(CCCCCCCC)CCCCC(=O)OC(=O)CCCCP(=O)(CCCCCCCC)CCCCCCCC. The maximum absolute atomic E-state index is 13.9. The Kier molecular flexibility index (Phi) is 34.4. The molecule has 5 nitrogen and oxygen atoms in total. The number of rotatable bonds is 38. The summed E-state index contributed by atoms with van der Waals surface area (Å²) in [6, 6.07) is 0. The lowest BCUT2D eigenvalue weighted by Gasteiger charge is -2.19.